The van der Waals surface area contributed by atoms with E-state index in [-0.39, 0.29) is 6.04 Å². The van der Waals surface area contributed by atoms with Gasteiger partial charge in [-0.2, -0.15) is 0 Å². The Morgan fingerprint density at radius 3 is 2.61 bits per heavy atom. The fourth-order valence-electron chi connectivity index (χ4n) is 1.94. The quantitative estimate of drug-likeness (QED) is 0.773. The van der Waals surface area contributed by atoms with Crippen molar-refractivity contribution in [3.8, 4) is 0 Å². The van der Waals surface area contributed by atoms with Gasteiger partial charge in [-0.05, 0) is 31.0 Å². The summed E-state index contributed by atoms with van der Waals surface area (Å²) in [5.41, 5.74) is 1.27. The predicted octanol–water partition coefficient (Wildman–Crippen LogP) is 4.00. The van der Waals surface area contributed by atoms with Gasteiger partial charge >= 0.3 is 0 Å². The normalized spacial score (nSPS) is 12.3. The molecule has 0 fully saturated rings. The van der Waals surface area contributed by atoms with E-state index in [2.05, 4.69) is 36.2 Å². The monoisotopic (exact) mass is 241 g/mol. The molecular formula is C16H19NO. The summed E-state index contributed by atoms with van der Waals surface area (Å²) in [7, 11) is 0. The van der Waals surface area contributed by atoms with Crippen LogP contribution in [0, 0.1) is 6.92 Å². The summed E-state index contributed by atoms with van der Waals surface area (Å²) < 4.78 is 5.68. The van der Waals surface area contributed by atoms with E-state index in [1.165, 1.54) is 5.56 Å². The lowest BCUT2D eigenvalue weighted by Crippen LogP contribution is -2.19. The maximum absolute atomic E-state index is 5.68. The van der Waals surface area contributed by atoms with E-state index in [1.54, 1.807) is 0 Å². The minimum Gasteiger partial charge on any atom is -0.465 e. The van der Waals surface area contributed by atoms with E-state index >= 15 is 0 Å². The Labute approximate surface area is 108 Å². The second kappa shape index (κ2) is 6.22. The molecule has 2 aromatic rings. The third kappa shape index (κ3) is 3.34. The highest BCUT2D eigenvalue weighted by Gasteiger charge is 2.12. The summed E-state index contributed by atoms with van der Waals surface area (Å²) >= 11 is 0. The number of nitrogens with one attached hydrogen (secondary N) is 1. The van der Waals surface area contributed by atoms with E-state index in [0.717, 1.165) is 24.5 Å². The highest BCUT2D eigenvalue weighted by atomic mass is 16.3. The number of hydrogen-bond acceptors (Lipinski definition) is 2. The van der Waals surface area contributed by atoms with Crippen molar-refractivity contribution in [3.05, 3.63) is 72.2 Å². The summed E-state index contributed by atoms with van der Waals surface area (Å²) in [6, 6.07) is 14.6. The van der Waals surface area contributed by atoms with Crippen LogP contribution in [0.15, 0.2) is 59.5 Å². The van der Waals surface area contributed by atoms with E-state index in [9.17, 15) is 0 Å². The van der Waals surface area contributed by atoms with Gasteiger partial charge in [-0.1, -0.05) is 36.4 Å². The van der Waals surface area contributed by atoms with Crippen LogP contribution in [0.25, 0.3) is 0 Å². The molecule has 1 aromatic heterocycles. The fraction of sp³-hybridized carbons (Fsp3) is 0.250. The molecule has 2 heteroatoms. The average Bonchev–Trinajstić information content (AvgIpc) is 2.82. The van der Waals surface area contributed by atoms with Gasteiger partial charge in [0.25, 0.3) is 0 Å². The van der Waals surface area contributed by atoms with Gasteiger partial charge in [0.2, 0.25) is 0 Å². The zero-order valence-electron chi connectivity index (χ0n) is 10.7. The Kier molecular flexibility index (Phi) is 4.37. The Morgan fingerprint density at radius 2 is 2.00 bits per heavy atom. The molecule has 0 radical (unpaired) electrons. The van der Waals surface area contributed by atoms with Gasteiger partial charge in [0.05, 0.1) is 6.04 Å². The fourth-order valence-corrected chi connectivity index (χ4v) is 1.94. The molecule has 0 saturated heterocycles. The summed E-state index contributed by atoms with van der Waals surface area (Å²) in [5.74, 6) is 1.92. The minimum absolute atomic E-state index is 0.191. The summed E-state index contributed by atoms with van der Waals surface area (Å²) in [6.07, 6.45) is 2.78. The highest BCUT2D eigenvalue weighted by molar-refractivity contribution is 5.16. The van der Waals surface area contributed by atoms with Gasteiger partial charge in [-0.15, -0.1) is 6.58 Å². The van der Waals surface area contributed by atoms with Crippen LogP contribution in [0.5, 0.6) is 0 Å². The molecule has 0 aliphatic rings. The lowest BCUT2D eigenvalue weighted by Gasteiger charge is -2.15. The van der Waals surface area contributed by atoms with Gasteiger partial charge in [0.1, 0.15) is 11.5 Å². The third-order valence-corrected chi connectivity index (χ3v) is 2.90. The van der Waals surface area contributed by atoms with E-state index < -0.39 is 0 Å². The molecule has 0 aliphatic carbocycles. The molecule has 0 amide bonds. The standard InChI is InChI=1S/C16H19NO/c1-3-7-15(16-11-10-13(2)18-16)17-12-14-8-5-4-6-9-14/h3-6,8-11,15,17H,1,7,12H2,2H3/t15-/m1/s1. The molecule has 0 unspecified atom stereocenters. The van der Waals surface area contributed by atoms with Gasteiger partial charge in [-0.25, -0.2) is 0 Å². The topological polar surface area (TPSA) is 25.2 Å². The molecule has 0 saturated carbocycles. The van der Waals surface area contributed by atoms with E-state index in [4.69, 9.17) is 4.42 Å². The van der Waals surface area contributed by atoms with Gasteiger partial charge < -0.3 is 9.73 Å². The van der Waals surface area contributed by atoms with E-state index in [0.29, 0.717) is 0 Å². The Balaban J connectivity index is 2.01. The molecule has 2 nitrogen and oxygen atoms in total. The van der Waals surface area contributed by atoms with Crippen LogP contribution in [0.2, 0.25) is 0 Å². The summed E-state index contributed by atoms with van der Waals surface area (Å²) in [4.78, 5) is 0. The lowest BCUT2D eigenvalue weighted by atomic mass is 10.1. The first-order valence-corrected chi connectivity index (χ1v) is 6.24. The molecule has 18 heavy (non-hydrogen) atoms. The zero-order valence-corrected chi connectivity index (χ0v) is 10.7. The summed E-state index contributed by atoms with van der Waals surface area (Å²) in [5, 5.41) is 3.50. The summed E-state index contributed by atoms with van der Waals surface area (Å²) in [6.45, 7) is 6.60. The van der Waals surface area contributed by atoms with Gasteiger partial charge in [-0.3, -0.25) is 0 Å². The van der Waals surface area contributed by atoms with Crippen LogP contribution in [-0.2, 0) is 6.54 Å². The van der Waals surface area contributed by atoms with Crippen LogP contribution in [0.3, 0.4) is 0 Å². The van der Waals surface area contributed by atoms with Crippen molar-refractivity contribution in [2.24, 2.45) is 0 Å². The number of rotatable bonds is 6. The van der Waals surface area contributed by atoms with Crippen LogP contribution < -0.4 is 5.32 Å². The molecule has 1 N–H and O–H groups in total. The first-order valence-electron chi connectivity index (χ1n) is 6.24. The van der Waals surface area contributed by atoms with Crippen molar-refractivity contribution in [2.75, 3.05) is 0 Å². The van der Waals surface area contributed by atoms with Crippen molar-refractivity contribution in [2.45, 2.75) is 25.9 Å². The second-order valence-electron chi connectivity index (χ2n) is 4.39. The molecule has 2 rings (SSSR count). The predicted molar refractivity (Wildman–Crippen MR) is 74.3 cm³/mol. The largest absolute Gasteiger partial charge is 0.465 e. The molecule has 1 heterocycles. The number of aryl methyl sites for hydroxylation is 1. The zero-order chi connectivity index (χ0) is 12.8. The Hall–Kier alpha value is -1.80. The molecular weight excluding hydrogens is 222 g/mol. The van der Waals surface area contributed by atoms with Crippen molar-refractivity contribution in [3.63, 3.8) is 0 Å². The molecule has 1 aromatic carbocycles. The van der Waals surface area contributed by atoms with Crippen LogP contribution in [0.4, 0.5) is 0 Å². The molecule has 1 atom stereocenters. The number of furan rings is 1. The van der Waals surface area contributed by atoms with Gasteiger partial charge in [0, 0.05) is 6.54 Å². The smallest absolute Gasteiger partial charge is 0.121 e. The first kappa shape index (κ1) is 12.7. The molecule has 0 spiro atoms. The van der Waals surface area contributed by atoms with Gasteiger partial charge in [0.15, 0.2) is 0 Å². The van der Waals surface area contributed by atoms with Crippen molar-refractivity contribution in [1.82, 2.24) is 5.32 Å². The Morgan fingerprint density at radius 1 is 1.22 bits per heavy atom. The number of benzene rings is 1. The number of hydrogen-bond donors (Lipinski definition) is 1. The molecule has 0 aliphatic heterocycles. The highest BCUT2D eigenvalue weighted by Crippen LogP contribution is 2.20. The molecule has 94 valence electrons. The maximum atomic E-state index is 5.68. The van der Waals surface area contributed by atoms with E-state index in [1.807, 2.05) is 31.2 Å². The van der Waals surface area contributed by atoms with Crippen molar-refractivity contribution < 1.29 is 4.42 Å². The average molecular weight is 241 g/mol. The second-order valence-corrected chi connectivity index (χ2v) is 4.39. The molecule has 0 bridgehead atoms. The van der Waals surface area contributed by atoms with Crippen LogP contribution in [0.1, 0.15) is 29.5 Å². The van der Waals surface area contributed by atoms with Crippen molar-refractivity contribution in [1.29, 1.82) is 0 Å². The lowest BCUT2D eigenvalue weighted by molar-refractivity contribution is 0.400. The van der Waals surface area contributed by atoms with Crippen LogP contribution >= 0.6 is 0 Å². The SMILES string of the molecule is C=CC[C@@H](NCc1ccccc1)c1ccc(C)o1. The maximum Gasteiger partial charge on any atom is 0.121 e. The minimum atomic E-state index is 0.191. The first-order chi connectivity index (χ1) is 8.79. The Bertz CT molecular complexity index is 487. The van der Waals surface area contributed by atoms with Crippen molar-refractivity contribution >= 4 is 0 Å². The third-order valence-electron chi connectivity index (χ3n) is 2.90. The van der Waals surface area contributed by atoms with Crippen LogP contribution in [-0.4, -0.2) is 0 Å².